The lowest BCUT2D eigenvalue weighted by atomic mass is 10.0. The van der Waals surface area contributed by atoms with E-state index in [0.29, 0.717) is 28.9 Å². The Labute approximate surface area is 191 Å². The van der Waals surface area contributed by atoms with Crippen molar-refractivity contribution >= 4 is 41.2 Å². The van der Waals surface area contributed by atoms with Crippen LogP contribution in [0, 0.1) is 13.8 Å². The molecule has 8 heteroatoms. The van der Waals surface area contributed by atoms with Crippen molar-refractivity contribution in [2.24, 2.45) is 0 Å². The summed E-state index contributed by atoms with van der Waals surface area (Å²) in [5.41, 5.74) is 4.40. The Morgan fingerprint density at radius 1 is 1.16 bits per heavy atom. The SMILES string of the molecule is COCCN1C(=O)/C(=C\c2cc(C)n(-c3cccc(Cl)c3Cl)c2C)C(C(=O)OC)=C1C. The quantitative estimate of drug-likeness (QED) is 0.460. The Morgan fingerprint density at radius 2 is 1.87 bits per heavy atom. The molecule has 0 unspecified atom stereocenters. The first-order valence-corrected chi connectivity index (χ1v) is 10.4. The number of benzene rings is 1. The number of aromatic nitrogens is 1. The Morgan fingerprint density at radius 3 is 2.52 bits per heavy atom. The van der Waals surface area contributed by atoms with Gasteiger partial charge in [0.2, 0.25) is 0 Å². The molecule has 0 saturated heterocycles. The lowest BCUT2D eigenvalue weighted by Crippen LogP contribution is -2.28. The van der Waals surface area contributed by atoms with Gasteiger partial charge in [-0.3, -0.25) is 4.79 Å². The van der Waals surface area contributed by atoms with E-state index in [-0.39, 0.29) is 17.1 Å². The molecule has 0 atom stereocenters. The Bertz CT molecular complexity index is 1120. The smallest absolute Gasteiger partial charge is 0.340 e. The highest BCUT2D eigenvalue weighted by molar-refractivity contribution is 6.43. The second kappa shape index (κ2) is 9.30. The molecule has 164 valence electrons. The van der Waals surface area contributed by atoms with Gasteiger partial charge in [0.15, 0.2) is 0 Å². The number of hydrogen-bond donors (Lipinski definition) is 0. The zero-order valence-corrected chi connectivity index (χ0v) is 19.6. The Kier molecular flexibility index (Phi) is 6.94. The van der Waals surface area contributed by atoms with Gasteiger partial charge in [0.1, 0.15) is 0 Å². The van der Waals surface area contributed by atoms with Gasteiger partial charge in [-0.2, -0.15) is 0 Å². The summed E-state index contributed by atoms with van der Waals surface area (Å²) in [7, 11) is 2.86. The number of carbonyl (C=O) groups excluding carboxylic acids is 2. The molecule has 0 aliphatic carbocycles. The number of methoxy groups -OCH3 is 2. The molecule has 31 heavy (non-hydrogen) atoms. The van der Waals surface area contributed by atoms with Gasteiger partial charge in [-0.15, -0.1) is 0 Å². The van der Waals surface area contributed by atoms with Crippen LogP contribution in [0.1, 0.15) is 23.9 Å². The van der Waals surface area contributed by atoms with E-state index in [1.807, 2.05) is 36.6 Å². The van der Waals surface area contributed by atoms with Crippen molar-refractivity contribution in [1.82, 2.24) is 9.47 Å². The highest BCUT2D eigenvalue weighted by Gasteiger charge is 2.37. The lowest BCUT2D eigenvalue weighted by Gasteiger charge is -2.16. The van der Waals surface area contributed by atoms with Crippen molar-refractivity contribution in [3.05, 3.63) is 68.1 Å². The summed E-state index contributed by atoms with van der Waals surface area (Å²) < 4.78 is 12.0. The minimum Gasteiger partial charge on any atom is -0.465 e. The average molecular weight is 463 g/mol. The van der Waals surface area contributed by atoms with Crippen molar-refractivity contribution in [2.45, 2.75) is 20.8 Å². The summed E-state index contributed by atoms with van der Waals surface area (Å²) in [6.07, 6.45) is 1.72. The average Bonchev–Trinajstić information content (AvgIpc) is 3.14. The van der Waals surface area contributed by atoms with E-state index in [1.165, 1.54) is 12.0 Å². The summed E-state index contributed by atoms with van der Waals surface area (Å²) in [6, 6.07) is 7.37. The molecule has 0 fully saturated rings. The molecule has 1 aliphatic rings. The number of carbonyl (C=O) groups is 2. The van der Waals surface area contributed by atoms with Crippen LogP contribution in [0.4, 0.5) is 0 Å². The number of nitrogens with zero attached hydrogens (tertiary/aromatic N) is 2. The van der Waals surface area contributed by atoms with Crippen molar-refractivity contribution < 1.29 is 19.1 Å². The first-order valence-electron chi connectivity index (χ1n) is 9.68. The summed E-state index contributed by atoms with van der Waals surface area (Å²) in [5.74, 6) is -0.816. The largest absolute Gasteiger partial charge is 0.465 e. The van der Waals surface area contributed by atoms with E-state index in [4.69, 9.17) is 32.7 Å². The fourth-order valence-electron chi connectivity index (χ4n) is 3.81. The summed E-state index contributed by atoms with van der Waals surface area (Å²) in [6.45, 7) is 6.29. The maximum absolute atomic E-state index is 13.1. The van der Waals surface area contributed by atoms with Crippen LogP contribution in [-0.4, -0.2) is 48.7 Å². The first-order chi connectivity index (χ1) is 14.7. The van der Waals surface area contributed by atoms with Crippen molar-refractivity contribution in [3.63, 3.8) is 0 Å². The molecule has 1 aliphatic heterocycles. The summed E-state index contributed by atoms with van der Waals surface area (Å²) in [5, 5.41) is 0.900. The maximum Gasteiger partial charge on any atom is 0.340 e. The van der Waals surface area contributed by atoms with Crippen LogP contribution in [0.2, 0.25) is 10.0 Å². The summed E-state index contributed by atoms with van der Waals surface area (Å²) >= 11 is 12.6. The number of allylic oxidation sites excluding steroid dienone is 1. The molecule has 0 N–H and O–H groups in total. The number of hydrogen-bond acceptors (Lipinski definition) is 4. The number of amides is 1. The number of aryl methyl sites for hydroxylation is 1. The zero-order chi connectivity index (χ0) is 22.9. The van der Waals surface area contributed by atoms with Gasteiger partial charge in [-0.1, -0.05) is 29.3 Å². The Hall–Kier alpha value is -2.54. The van der Waals surface area contributed by atoms with Crippen LogP contribution in [-0.2, 0) is 19.1 Å². The number of rotatable bonds is 6. The molecular weight excluding hydrogens is 439 g/mol. The summed E-state index contributed by atoms with van der Waals surface area (Å²) in [4.78, 5) is 27.2. The molecule has 6 nitrogen and oxygen atoms in total. The maximum atomic E-state index is 13.1. The van der Waals surface area contributed by atoms with E-state index in [2.05, 4.69) is 0 Å². The molecule has 1 aromatic heterocycles. The molecule has 2 heterocycles. The minimum absolute atomic E-state index is 0.259. The third-order valence-electron chi connectivity index (χ3n) is 5.36. The highest BCUT2D eigenvalue weighted by atomic mass is 35.5. The fourth-order valence-corrected chi connectivity index (χ4v) is 4.19. The van der Waals surface area contributed by atoms with Gasteiger partial charge in [-0.05, 0) is 50.6 Å². The molecule has 1 aromatic carbocycles. The predicted molar refractivity (Wildman–Crippen MR) is 122 cm³/mol. The van der Waals surface area contributed by atoms with Crippen LogP contribution >= 0.6 is 23.2 Å². The number of esters is 1. The Balaban J connectivity index is 2.13. The molecule has 2 aromatic rings. The van der Waals surface area contributed by atoms with E-state index in [1.54, 1.807) is 26.2 Å². The van der Waals surface area contributed by atoms with Gasteiger partial charge in [0, 0.05) is 30.7 Å². The van der Waals surface area contributed by atoms with Crippen LogP contribution in [0.25, 0.3) is 11.8 Å². The predicted octanol–water partition coefficient (Wildman–Crippen LogP) is 4.72. The molecule has 3 rings (SSSR count). The van der Waals surface area contributed by atoms with Gasteiger partial charge < -0.3 is 18.9 Å². The topological polar surface area (TPSA) is 60.8 Å². The molecule has 1 amide bonds. The second-order valence-corrected chi connectivity index (χ2v) is 7.98. The normalized spacial score (nSPS) is 15.4. The van der Waals surface area contributed by atoms with E-state index in [9.17, 15) is 9.59 Å². The number of halogens is 2. The van der Waals surface area contributed by atoms with Gasteiger partial charge in [-0.25, -0.2) is 4.79 Å². The van der Waals surface area contributed by atoms with E-state index in [0.717, 1.165) is 22.6 Å². The van der Waals surface area contributed by atoms with Crippen LogP contribution in [0.5, 0.6) is 0 Å². The fraction of sp³-hybridized carbons (Fsp3) is 0.304. The van der Waals surface area contributed by atoms with Crippen molar-refractivity contribution in [3.8, 4) is 5.69 Å². The molecule has 0 radical (unpaired) electrons. The number of ether oxygens (including phenoxy) is 2. The van der Waals surface area contributed by atoms with E-state index >= 15 is 0 Å². The molecule has 0 bridgehead atoms. The molecule has 0 saturated carbocycles. The second-order valence-electron chi connectivity index (χ2n) is 7.19. The van der Waals surface area contributed by atoms with Gasteiger partial charge in [0.05, 0.1) is 40.6 Å². The molecular formula is C23H24Cl2N2O4. The molecule has 0 spiro atoms. The van der Waals surface area contributed by atoms with Gasteiger partial charge in [0.25, 0.3) is 5.91 Å². The first kappa shape index (κ1) is 23.1. The lowest BCUT2D eigenvalue weighted by molar-refractivity contribution is -0.136. The van der Waals surface area contributed by atoms with Crippen molar-refractivity contribution in [1.29, 1.82) is 0 Å². The van der Waals surface area contributed by atoms with Gasteiger partial charge >= 0.3 is 5.97 Å². The van der Waals surface area contributed by atoms with Crippen LogP contribution in [0.3, 0.4) is 0 Å². The van der Waals surface area contributed by atoms with E-state index < -0.39 is 5.97 Å². The van der Waals surface area contributed by atoms with Crippen LogP contribution < -0.4 is 0 Å². The van der Waals surface area contributed by atoms with Crippen molar-refractivity contribution in [2.75, 3.05) is 27.4 Å². The van der Waals surface area contributed by atoms with Crippen LogP contribution in [0.15, 0.2) is 41.1 Å². The highest BCUT2D eigenvalue weighted by Crippen LogP contribution is 2.35. The standard InChI is InChI=1S/C23H24Cl2N2O4/c1-13-11-16(14(2)27(13)19-8-6-7-18(24)21(19)25)12-17-20(23(29)31-5)15(3)26(22(17)28)9-10-30-4/h6-8,11-12H,9-10H2,1-5H3/b17-12-. The minimum atomic E-state index is -0.552. The zero-order valence-electron chi connectivity index (χ0n) is 18.1. The third kappa shape index (κ3) is 4.15. The third-order valence-corrected chi connectivity index (χ3v) is 6.17. The monoisotopic (exact) mass is 462 g/mol.